The molecule has 0 radical (unpaired) electrons. The minimum Gasteiger partial charge on any atom is -0.496 e. The molecule has 9 nitrogen and oxygen atoms in total. The Hall–Kier alpha value is -5.13. The molecule has 45 heavy (non-hydrogen) atoms. The van der Waals surface area contributed by atoms with Gasteiger partial charge in [-0.3, -0.25) is 14.4 Å². The molecule has 3 N–H and O–H groups in total. The summed E-state index contributed by atoms with van der Waals surface area (Å²) in [6.45, 7) is 2.50. The van der Waals surface area contributed by atoms with E-state index < -0.39 is 11.8 Å². The lowest BCUT2D eigenvalue weighted by Gasteiger charge is -2.13. The molecule has 0 bridgehead atoms. The van der Waals surface area contributed by atoms with E-state index in [1.165, 1.54) is 30.2 Å². The van der Waals surface area contributed by atoms with Gasteiger partial charge in [-0.15, -0.1) is 11.8 Å². The van der Waals surface area contributed by atoms with Crippen LogP contribution in [0.25, 0.3) is 16.3 Å². The maximum absolute atomic E-state index is 13.5. The summed E-state index contributed by atoms with van der Waals surface area (Å²) >= 11 is 2.70. The number of hydrogen-bond donors (Lipinski definition) is 3. The number of amides is 3. The number of thiazole rings is 1. The SMILES string of the molecule is CCOc1ccc2nc(NC(=O)CSc3cccc(NC(=O)/C(=C\c4ccccc4OC)NC(=O)c4ccccc4)c3)sc2c1. The first-order valence-electron chi connectivity index (χ1n) is 14.0. The van der Waals surface area contributed by atoms with E-state index in [1.54, 1.807) is 60.7 Å². The molecule has 3 amide bonds. The van der Waals surface area contributed by atoms with Crippen molar-refractivity contribution in [2.24, 2.45) is 0 Å². The Labute approximate surface area is 268 Å². The highest BCUT2D eigenvalue weighted by Gasteiger charge is 2.17. The van der Waals surface area contributed by atoms with Crippen LogP contribution in [-0.2, 0) is 9.59 Å². The van der Waals surface area contributed by atoms with E-state index >= 15 is 0 Å². The fraction of sp³-hybridized carbons (Fsp3) is 0.118. The van der Waals surface area contributed by atoms with E-state index in [-0.39, 0.29) is 17.4 Å². The molecule has 0 aliphatic rings. The van der Waals surface area contributed by atoms with Gasteiger partial charge >= 0.3 is 0 Å². The molecular weight excluding hydrogens is 609 g/mol. The molecule has 4 aromatic carbocycles. The standard InChI is InChI=1S/C34H30N4O5S2/c1-3-43-25-16-17-27-30(20-25)45-34(37-27)38-31(39)21-44-26-14-9-13-24(19-26)35-33(41)28(18-23-12-7-8-15-29(23)42-2)36-32(40)22-10-5-4-6-11-22/h4-20H,3,21H2,1-2H3,(H,35,41)(H,36,40)(H,37,38,39)/b28-18+. The van der Waals surface area contributed by atoms with E-state index in [0.717, 1.165) is 20.9 Å². The van der Waals surface area contributed by atoms with Crippen LogP contribution in [-0.4, -0.2) is 42.2 Å². The Morgan fingerprint density at radius 1 is 0.911 bits per heavy atom. The molecule has 0 aliphatic carbocycles. The third kappa shape index (κ3) is 8.49. The van der Waals surface area contributed by atoms with Gasteiger partial charge in [0, 0.05) is 21.7 Å². The largest absolute Gasteiger partial charge is 0.496 e. The molecule has 0 fully saturated rings. The van der Waals surface area contributed by atoms with Crippen molar-refractivity contribution in [2.75, 3.05) is 30.1 Å². The van der Waals surface area contributed by atoms with Crippen LogP contribution in [0.5, 0.6) is 11.5 Å². The van der Waals surface area contributed by atoms with Gasteiger partial charge in [-0.1, -0.05) is 53.8 Å². The van der Waals surface area contributed by atoms with Gasteiger partial charge in [0.25, 0.3) is 11.8 Å². The third-order valence-corrected chi connectivity index (χ3v) is 8.27. The third-order valence-electron chi connectivity index (χ3n) is 6.35. The summed E-state index contributed by atoms with van der Waals surface area (Å²) in [6, 6.07) is 28.6. The molecule has 0 unspecified atom stereocenters. The van der Waals surface area contributed by atoms with E-state index in [9.17, 15) is 14.4 Å². The number of para-hydroxylation sites is 1. The smallest absolute Gasteiger partial charge is 0.272 e. The molecule has 1 heterocycles. The molecule has 0 saturated heterocycles. The van der Waals surface area contributed by atoms with Gasteiger partial charge in [0.1, 0.15) is 17.2 Å². The Morgan fingerprint density at radius 2 is 1.71 bits per heavy atom. The van der Waals surface area contributed by atoms with Crippen molar-refractivity contribution < 1.29 is 23.9 Å². The van der Waals surface area contributed by atoms with Crippen LogP contribution in [0.3, 0.4) is 0 Å². The monoisotopic (exact) mass is 638 g/mol. The fourth-order valence-corrected chi connectivity index (χ4v) is 5.93. The predicted octanol–water partition coefficient (Wildman–Crippen LogP) is 6.84. The number of hydrogen-bond acceptors (Lipinski definition) is 8. The summed E-state index contributed by atoms with van der Waals surface area (Å²) in [6.07, 6.45) is 1.57. The van der Waals surface area contributed by atoms with E-state index in [0.29, 0.717) is 34.3 Å². The number of aromatic nitrogens is 1. The summed E-state index contributed by atoms with van der Waals surface area (Å²) in [5.41, 5.74) is 2.36. The molecular formula is C34H30N4O5S2. The molecule has 1 aromatic heterocycles. The summed E-state index contributed by atoms with van der Waals surface area (Å²) in [5, 5.41) is 8.96. The summed E-state index contributed by atoms with van der Waals surface area (Å²) < 4.78 is 11.9. The topological polar surface area (TPSA) is 119 Å². The Bertz CT molecular complexity index is 1860. The lowest BCUT2D eigenvalue weighted by atomic mass is 10.1. The van der Waals surface area contributed by atoms with E-state index in [2.05, 4.69) is 20.9 Å². The van der Waals surface area contributed by atoms with Crippen molar-refractivity contribution >= 4 is 67.9 Å². The quantitative estimate of drug-likeness (QED) is 0.101. The second-order valence-electron chi connectivity index (χ2n) is 9.52. The first-order valence-corrected chi connectivity index (χ1v) is 15.8. The molecule has 0 atom stereocenters. The van der Waals surface area contributed by atoms with E-state index in [4.69, 9.17) is 9.47 Å². The maximum atomic E-state index is 13.5. The van der Waals surface area contributed by atoms with Gasteiger partial charge in [0.15, 0.2) is 5.13 Å². The average Bonchev–Trinajstić information content (AvgIpc) is 3.46. The molecule has 0 aliphatic heterocycles. The van der Waals surface area contributed by atoms with Crippen LogP contribution >= 0.6 is 23.1 Å². The number of benzene rings is 4. The van der Waals surface area contributed by atoms with Crippen LogP contribution < -0.4 is 25.4 Å². The van der Waals surface area contributed by atoms with Crippen LogP contribution in [0.4, 0.5) is 10.8 Å². The zero-order valence-corrected chi connectivity index (χ0v) is 26.2. The van der Waals surface area contributed by atoms with E-state index in [1.807, 2.05) is 49.4 Å². The highest BCUT2D eigenvalue weighted by molar-refractivity contribution is 8.00. The number of anilines is 2. The summed E-state index contributed by atoms with van der Waals surface area (Å²) in [7, 11) is 1.54. The number of carbonyl (C=O) groups is 3. The molecule has 5 rings (SSSR count). The van der Waals surface area contributed by atoms with Crippen LogP contribution in [0.15, 0.2) is 108 Å². The van der Waals surface area contributed by atoms with Crippen molar-refractivity contribution in [3.8, 4) is 11.5 Å². The van der Waals surface area contributed by atoms with Crippen LogP contribution in [0.2, 0.25) is 0 Å². The minimum atomic E-state index is -0.520. The predicted molar refractivity (Wildman–Crippen MR) is 180 cm³/mol. The van der Waals surface area contributed by atoms with Gasteiger partial charge in [-0.2, -0.15) is 0 Å². The average molecular weight is 639 g/mol. The van der Waals surface area contributed by atoms with Gasteiger partial charge in [-0.25, -0.2) is 4.98 Å². The van der Waals surface area contributed by atoms with Gasteiger partial charge in [0.2, 0.25) is 5.91 Å². The lowest BCUT2D eigenvalue weighted by Crippen LogP contribution is -2.30. The van der Waals surface area contributed by atoms with Gasteiger partial charge in [-0.05, 0) is 67.6 Å². The van der Waals surface area contributed by atoms with Gasteiger partial charge in [0.05, 0.1) is 29.7 Å². The number of rotatable bonds is 12. The second kappa shape index (κ2) is 15.0. The normalized spacial score (nSPS) is 11.1. The highest BCUT2D eigenvalue weighted by atomic mass is 32.2. The van der Waals surface area contributed by atoms with Crippen molar-refractivity contribution in [3.05, 3.63) is 114 Å². The first kappa shape index (κ1) is 31.3. The number of ether oxygens (including phenoxy) is 2. The number of fused-ring (bicyclic) bond motifs is 1. The Balaban J connectivity index is 1.25. The number of thioether (sulfide) groups is 1. The Kier molecular flexibility index (Phi) is 10.5. The van der Waals surface area contributed by atoms with Crippen molar-refractivity contribution in [3.63, 3.8) is 0 Å². The molecule has 11 heteroatoms. The molecule has 5 aromatic rings. The zero-order valence-electron chi connectivity index (χ0n) is 24.5. The number of methoxy groups -OCH3 is 1. The highest BCUT2D eigenvalue weighted by Crippen LogP contribution is 2.30. The number of nitrogens with one attached hydrogen (secondary N) is 3. The lowest BCUT2D eigenvalue weighted by molar-refractivity contribution is -0.114. The van der Waals surface area contributed by atoms with Gasteiger partial charge < -0.3 is 25.4 Å². The van der Waals surface area contributed by atoms with Crippen LogP contribution in [0.1, 0.15) is 22.8 Å². The zero-order chi connectivity index (χ0) is 31.6. The van der Waals surface area contributed by atoms with Crippen LogP contribution in [0, 0.1) is 0 Å². The fourth-order valence-electron chi connectivity index (χ4n) is 4.26. The van der Waals surface area contributed by atoms with Crippen molar-refractivity contribution in [1.82, 2.24) is 10.3 Å². The Morgan fingerprint density at radius 3 is 2.51 bits per heavy atom. The first-order chi connectivity index (χ1) is 21.9. The van der Waals surface area contributed by atoms with Crippen molar-refractivity contribution in [2.45, 2.75) is 11.8 Å². The van der Waals surface area contributed by atoms with Crippen molar-refractivity contribution in [1.29, 1.82) is 0 Å². The number of carbonyl (C=O) groups excluding carboxylic acids is 3. The maximum Gasteiger partial charge on any atom is 0.272 e. The summed E-state index contributed by atoms with van der Waals surface area (Å²) in [4.78, 5) is 44.4. The number of nitrogens with zero attached hydrogens (tertiary/aromatic N) is 1. The minimum absolute atomic E-state index is 0.0370. The molecule has 228 valence electrons. The second-order valence-corrected chi connectivity index (χ2v) is 11.6. The molecule has 0 saturated carbocycles. The molecule has 0 spiro atoms. The summed E-state index contributed by atoms with van der Waals surface area (Å²) in [5.74, 6) is 0.302.